The lowest BCUT2D eigenvalue weighted by Crippen LogP contribution is -2.35. The smallest absolute Gasteiger partial charge is 0.214 e. The van der Waals surface area contributed by atoms with E-state index in [0.29, 0.717) is 11.9 Å². The fourth-order valence-electron chi connectivity index (χ4n) is 1.78. The van der Waals surface area contributed by atoms with Gasteiger partial charge in [-0.25, -0.2) is 0 Å². The Morgan fingerprint density at radius 2 is 1.89 bits per heavy atom. The van der Waals surface area contributed by atoms with Crippen LogP contribution in [-0.2, 0) is 0 Å². The molecule has 0 atom stereocenters. The molecule has 1 aliphatic rings. The van der Waals surface area contributed by atoms with E-state index in [1.165, 1.54) is 0 Å². The molecule has 1 aromatic rings. The maximum absolute atomic E-state index is 5.08. The van der Waals surface area contributed by atoms with Crippen LogP contribution in [0.15, 0.2) is 18.2 Å². The fourth-order valence-corrected chi connectivity index (χ4v) is 1.78. The first-order valence-electron chi connectivity index (χ1n) is 5.37. The Kier molecular flexibility index (Phi) is 11.6. The monoisotopic (exact) mass is 315 g/mol. The summed E-state index contributed by atoms with van der Waals surface area (Å²) in [4.78, 5) is 4.33. The van der Waals surface area contributed by atoms with Crippen molar-refractivity contribution in [2.24, 2.45) is 0 Å². The van der Waals surface area contributed by atoms with Crippen LogP contribution in [0.3, 0.4) is 0 Å². The number of nitrogens with zero attached hydrogens (tertiary/aromatic N) is 1. The van der Waals surface area contributed by atoms with Crippen molar-refractivity contribution in [3.63, 3.8) is 0 Å². The van der Waals surface area contributed by atoms with E-state index in [9.17, 15) is 0 Å². The van der Waals surface area contributed by atoms with Crippen molar-refractivity contribution in [1.29, 1.82) is 0 Å². The van der Waals surface area contributed by atoms with E-state index in [4.69, 9.17) is 4.74 Å². The first-order valence-corrected chi connectivity index (χ1v) is 5.37. The number of ether oxygens (including phenoxy) is 1. The van der Waals surface area contributed by atoms with Crippen LogP contribution in [0.4, 0.5) is 5.82 Å². The summed E-state index contributed by atoms with van der Waals surface area (Å²) in [6, 6.07) is 6.32. The summed E-state index contributed by atoms with van der Waals surface area (Å²) < 4.78 is 5.08. The Bertz CT molecular complexity index is 322. The van der Waals surface area contributed by atoms with E-state index < -0.39 is 0 Å². The molecule has 4 nitrogen and oxygen atoms in total. The number of anilines is 1. The first kappa shape index (κ1) is 19.9. The first-order chi connectivity index (χ1) is 7.38. The van der Waals surface area contributed by atoms with Crippen molar-refractivity contribution in [3.8, 4) is 5.88 Å². The van der Waals surface area contributed by atoms with Gasteiger partial charge >= 0.3 is 0 Å². The van der Waals surface area contributed by atoms with Crippen molar-refractivity contribution in [3.05, 3.63) is 18.2 Å². The second-order valence-electron chi connectivity index (χ2n) is 3.73. The molecule has 2 heterocycles. The molecular weight excluding hydrogens is 296 g/mol. The molecule has 1 aliphatic heterocycles. The predicted molar refractivity (Wildman–Crippen MR) is 82.0 cm³/mol. The molecule has 2 rings (SSSR count). The van der Waals surface area contributed by atoms with Crippen LogP contribution < -0.4 is 15.4 Å². The maximum Gasteiger partial charge on any atom is 0.214 e. The highest BCUT2D eigenvalue weighted by atomic mass is 35.5. The molecule has 0 amide bonds. The summed E-state index contributed by atoms with van der Waals surface area (Å²) in [6.45, 7) is 2.17. The summed E-state index contributed by atoms with van der Waals surface area (Å²) in [5.74, 6) is 1.56. The number of hydrogen-bond donors (Lipinski definition) is 2. The van der Waals surface area contributed by atoms with Crippen molar-refractivity contribution in [2.75, 3.05) is 25.5 Å². The number of aromatic nitrogens is 1. The third-order valence-corrected chi connectivity index (χ3v) is 2.62. The lowest BCUT2D eigenvalue weighted by molar-refractivity contribution is 0.398. The molecule has 0 aromatic carbocycles. The summed E-state index contributed by atoms with van der Waals surface area (Å²) in [6.07, 6.45) is 2.30. The van der Waals surface area contributed by atoms with E-state index in [0.717, 1.165) is 31.7 Å². The Morgan fingerprint density at radius 1 is 1.22 bits per heavy atom. The van der Waals surface area contributed by atoms with Crippen LogP contribution in [0.2, 0.25) is 0 Å². The van der Waals surface area contributed by atoms with Gasteiger partial charge in [-0.05, 0) is 32.0 Å². The number of methoxy groups -OCH3 is 1. The Morgan fingerprint density at radius 3 is 2.50 bits per heavy atom. The van der Waals surface area contributed by atoms with Gasteiger partial charge in [0, 0.05) is 12.1 Å². The van der Waals surface area contributed by atoms with Gasteiger partial charge < -0.3 is 15.4 Å². The number of halogens is 3. The van der Waals surface area contributed by atoms with Gasteiger partial charge in [0.25, 0.3) is 0 Å². The minimum absolute atomic E-state index is 0. The minimum Gasteiger partial charge on any atom is -0.481 e. The second-order valence-corrected chi connectivity index (χ2v) is 3.73. The summed E-state index contributed by atoms with van der Waals surface area (Å²) in [7, 11) is 1.64. The van der Waals surface area contributed by atoms with Crippen molar-refractivity contribution in [1.82, 2.24) is 10.3 Å². The molecule has 0 spiro atoms. The van der Waals surface area contributed by atoms with E-state index in [1.54, 1.807) is 7.11 Å². The highest BCUT2D eigenvalue weighted by Crippen LogP contribution is 2.14. The lowest BCUT2D eigenvalue weighted by Gasteiger charge is -2.24. The topological polar surface area (TPSA) is 46.2 Å². The molecule has 1 saturated heterocycles. The Labute approximate surface area is 127 Å². The van der Waals surface area contributed by atoms with Gasteiger partial charge in [0.2, 0.25) is 5.88 Å². The average molecular weight is 317 g/mol. The van der Waals surface area contributed by atoms with Crippen molar-refractivity contribution < 1.29 is 4.74 Å². The van der Waals surface area contributed by atoms with Gasteiger partial charge in [-0.3, -0.25) is 0 Å². The Hall–Kier alpha value is -0.420. The highest BCUT2D eigenvalue weighted by molar-refractivity contribution is 5.86. The van der Waals surface area contributed by atoms with Gasteiger partial charge in [0.1, 0.15) is 5.82 Å². The molecule has 0 radical (unpaired) electrons. The largest absolute Gasteiger partial charge is 0.481 e. The summed E-state index contributed by atoms with van der Waals surface area (Å²) in [5.41, 5.74) is 0. The van der Waals surface area contributed by atoms with E-state index in [1.807, 2.05) is 18.2 Å². The molecule has 0 saturated carbocycles. The highest BCUT2D eigenvalue weighted by Gasteiger charge is 2.12. The molecule has 0 unspecified atom stereocenters. The number of nitrogens with one attached hydrogen (secondary N) is 2. The zero-order chi connectivity index (χ0) is 10.5. The van der Waals surface area contributed by atoms with Crippen LogP contribution in [0.5, 0.6) is 5.88 Å². The molecule has 2 N–H and O–H groups in total. The van der Waals surface area contributed by atoms with Crippen LogP contribution in [0.25, 0.3) is 0 Å². The van der Waals surface area contributed by atoms with Crippen molar-refractivity contribution in [2.45, 2.75) is 18.9 Å². The number of piperidine rings is 1. The van der Waals surface area contributed by atoms with E-state index in [-0.39, 0.29) is 37.2 Å². The summed E-state index contributed by atoms with van der Waals surface area (Å²) in [5, 5.41) is 6.76. The quantitative estimate of drug-likeness (QED) is 0.899. The lowest BCUT2D eigenvalue weighted by atomic mass is 10.1. The predicted octanol–water partition coefficient (Wildman–Crippen LogP) is 2.52. The molecule has 7 heteroatoms. The Balaban J connectivity index is 0. The molecule has 1 fully saturated rings. The number of hydrogen-bond acceptors (Lipinski definition) is 4. The zero-order valence-corrected chi connectivity index (χ0v) is 12.7. The fraction of sp³-hybridized carbons (Fsp3) is 0.545. The normalized spacial score (nSPS) is 14.5. The molecular formula is C11H20Cl3N3O. The van der Waals surface area contributed by atoms with Crippen molar-refractivity contribution >= 4 is 43.0 Å². The minimum atomic E-state index is 0. The average Bonchev–Trinajstić information content (AvgIpc) is 2.31. The van der Waals surface area contributed by atoms with Gasteiger partial charge in [0.15, 0.2) is 0 Å². The summed E-state index contributed by atoms with van der Waals surface area (Å²) >= 11 is 0. The molecule has 18 heavy (non-hydrogen) atoms. The molecule has 0 aliphatic carbocycles. The molecule has 1 aromatic heterocycles. The third-order valence-electron chi connectivity index (χ3n) is 2.62. The van der Waals surface area contributed by atoms with E-state index in [2.05, 4.69) is 15.6 Å². The molecule has 0 bridgehead atoms. The van der Waals surface area contributed by atoms with Gasteiger partial charge in [-0.1, -0.05) is 6.07 Å². The van der Waals surface area contributed by atoms with Crippen LogP contribution in [-0.4, -0.2) is 31.2 Å². The van der Waals surface area contributed by atoms with Gasteiger partial charge in [-0.15, -0.1) is 37.2 Å². The number of rotatable bonds is 3. The van der Waals surface area contributed by atoms with Crippen LogP contribution in [0.1, 0.15) is 12.8 Å². The second kappa shape index (κ2) is 10.5. The third kappa shape index (κ3) is 5.96. The SMILES string of the molecule is COc1cccc(NC2CCNCC2)n1.Cl.Cl.Cl. The van der Waals surface area contributed by atoms with Crippen LogP contribution >= 0.6 is 37.2 Å². The van der Waals surface area contributed by atoms with Crippen LogP contribution in [0, 0.1) is 0 Å². The maximum atomic E-state index is 5.08. The van der Waals surface area contributed by atoms with Gasteiger partial charge in [-0.2, -0.15) is 4.98 Å². The zero-order valence-electron chi connectivity index (χ0n) is 10.2. The number of pyridine rings is 1. The van der Waals surface area contributed by atoms with E-state index >= 15 is 0 Å². The molecule has 106 valence electrons. The van der Waals surface area contributed by atoms with Gasteiger partial charge in [0.05, 0.1) is 7.11 Å². The standard InChI is InChI=1S/C11H17N3O.3ClH/c1-15-11-4-2-3-10(14-11)13-9-5-7-12-8-6-9;;;/h2-4,9,12H,5-8H2,1H3,(H,13,14);3*1H.